The van der Waals surface area contributed by atoms with E-state index < -0.39 is 6.10 Å². The van der Waals surface area contributed by atoms with Gasteiger partial charge in [0.25, 0.3) is 0 Å². The zero-order valence-corrected chi connectivity index (χ0v) is 16.7. The first-order chi connectivity index (χ1) is 12.6. The third kappa shape index (κ3) is 5.09. The number of para-hydroxylation sites is 1. The molecular weight excluding hydrogens is 418 g/mol. The van der Waals surface area contributed by atoms with Gasteiger partial charge in [0.15, 0.2) is 11.1 Å². The molecule has 1 aliphatic rings. The Balaban J connectivity index is 1.42. The first kappa shape index (κ1) is 18.9. The SMILES string of the molecule is NC(=NCC(O)COc1ccccc1Br)N1CCN(c2nccs2)CC1. The average molecular weight is 440 g/mol. The highest BCUT2D eigenvalue weighted by molar-refractivity contribution is 9.10. The summed E-state index contributed by atoms with van der Waals surface area (Å²) < 4.78 is 6.45. The number of aliphatic hydroxyl groups is 1. The van der Waals surface area contributed by atoms with Gasteiger partial charge < -0.3 is 25.4 Å². The summed E-state index contributed by atoms with van der Waals surface area (Å²) in [4.78, 5) is 12.9. The molecule has 1 aromatic heterocycles. The molecule has 0 amide bonds. The van der Waals surface area contributed by atoms with E-state index in [4.69, 9.17) is 10.5 Å². The molecule has 1 aromatic carbocycles. The van der Waals surface area contributed by atoms with E-state index in [0.29, 0.717) is 11.7 Å². The van der Waals surface area contributed by atoms with Gasteiger partial charge in [-0.1, -0.05) is 12.1 Å². The highest BCUT2D eigenvalue weighted by Gasteiger charge is 2.20. The summed E-state index contributed by atoms with van der Waals surface area (Å²) in [5.41, 5.74) is 6.08. The zero-order chi connectivity index (χ0) is 18.4. The largest absolute Gasteiger partial charge is 0.490 e. The number of guanidine groups is 1. The van der Waals surface area contributed by atoms with E-state index in [9.17, 15) is 5.11 Å². The predicted octanol–water partition coefficient (Wildman–Crippen LogP) is 1.78. The number of piperazine rings is 1. The zero-order valence-electron chi connectivity index (χ0n) is 14.3. The second-order valence-corrected chi connectivity index (χ2v) is 7.61. The quantitative estimate of drug-likeness (QED) is 0.526. The van der Waals surface area contributed by atoms with Crippen LogP contribution in [0.1, 0.15) is 0 Å². The van der Waals surface area contributed by atoms with Crippen LogP contribution >= 0.6 is 27.3 Å². The number of hydrogen-bond donors (Lipinski definition) is 2. The van der Waals surface area contributed by atoms with Crippen LogP contribution in [0, 0.1) is 0 Å². The molecule has 1 atom stereocenters. The fourth-order valence-electron chi connectivity index (χ4n) is 2.60. The topological polar surface area (TPSA) is 87.2 Å². The number of halogens is 1. The number of nitrogens with two attached hydrogens (primary N) is 1. The fourth-order valence-corrected chi connectivity index (χ4v) is 3.69. The van der Waals surface area contributed by atoms with Crippen molar-refractivity contribution < 1.29 is 9.84 Å². The Morgan fingerprint density at radius 3 is 2.81 bits per heavy atom. The maximum Gasteiger partial charge on any atom is 0.191 e. The lowest BCUT2D eigenvalue weighted by Crippen LogP contribution is -2.51. The molecule has 26 heavy (non-hydrogen) atoms. The van der Waals surface area contributed by atoms with Crippen LogP contribution in [0.3, 0.4) is 0 Å². The molecule has 7 nitrogen and oxygen atoms in total. The molecule has 0 bridgehead atoms. The number of aliphatic hydroxyl groups excluding tert-OH is 1. The average Bonchev–Trinajstić information content (AvgIpc) is 3.20. The van der Waals surface area contributed by atoms with Crippen molar-refractivity contribution in [2.45, 2.75) is 6.10 Å². The number of aromatic nitrogens is 1. The minimum absolute atomic E-state index is 0.164. The van der Waals surface area contributed by atoms with Crippen LogP contribution < -0.4 is 15.4 Å². The third-order valence-electron chi connectivity index (χ3n) is 4.03. The minimum Gasteiger partial charge on any atom is -0.490 e. The summed E-state index contributed by atoms with van der Waals surface area (Å²) in [7, 11) is 0. The molecule has 2 aromatic rings. The Bertz CT molecular complexity index is 720. The van der Waals surface area contributed by atoms with E-state index in [0.717, 1.165) is 35.8 Å². The van der Waals surface area contributed by atoms with Crippen molar-refractivity contribution in [3.05, 3.63) is 40.3 Å². The van der Waals surface area contributed by atoms with E-state index in [1.54, 1.807) is 11.3 Å². The second-order valence-electron chi connectivity index (χ2n) is 5.88. The van der Waals surface area contributed by atoms with Crippen LogP contribution in [0.5, 0.6) is 5.75 Å². The second kappa shape index (κ2) is 9.20. The van der Waals surface area contributed by atoms with E-state index in [-0.39, 0.29) is 13.2 Å². The molecule has 3 N–H and O–H groups in total. The molecule has 3 rings (SSSR count). The van der Waals surface area contributed by atoms with Crippen LogP contribution in [-0.4, -0.2) is 66.4 Å². The molecule has 0 radical (unpaired) electrons. The number of hydrogen-bond acceptors (Lipinski definition) is 6. The van der Waals surface area contributed by atoms with Gasteiger partial charge in [0.05, 0.1) is 11.0 Å². The van der Waals surface area contributed by atoms with Crippen molar-refractivity contribution >= 4 is 38.4 Å². The molecule has 0 saturated carbocycles. The van der Waals surface area contributed by atoms with Gasteiger partial charge in [-0.05, 0) is 28.1 Å². The Kier molecular flexibility index (Phi) is 6.70. The van der Waals surface area contributed by atoms with Gasteiger partial charge in [-0.2, -0.15) is 0 Å². The molecule has 1 fully saturated rings. The fraction of sp³-hybridized carbons (Fsp3) is 0.412. The van der Waals surface area contributed by atoms with Gasteiger partial charge in [-0.15, -0.1) is 11.3 Å². The van der Waals surface area contributed by atoms with Crippen LogP contribution in [0.15, 0.2) is 45.3 Å². The summed E-state index contributed by atoms with van der Waals surface area (Å²) in [6.07, 6.45) is 1.11. The van der Waals surface area contributed by atoms with Crippen molar-refractivity contribution in [1.29, 1.82) is 0 Å². The monoisotopic (exact) mass is 439 g/mol. The molecule has 9 heteroatoms. The normalized spacial score (nSPS) is 16.6. The Labute approximate surface area is 165 Å². The lowest BCUT2D eigenvalue weighted by atomic mass is 10.3. The van der Waals surface area contributed by atoms with Crippen molar-refractivity contribution in [2.75, 3.05) is 44.2 Å². The number of thiazole rings is 1. The Morgan fingerprint density at radius 1 is 1.35 bits per heavy atom. The van der Waals surface area contributed by atoms with Crippen molar-refractivity contribution in [3.63, 3.8) is 0 Å². The van der Waals surface area contributed by atoms with Crippen LogP contribution in [0.2, 0.25) is 0 Å². The highest BCUT2D eigenvalue weighted by Crippen LogP contribution is 2.23. The summed E-state index contributed by atoms with van der Waals surface area (Å²) in [6.45, 7) is 3.67. The van der Waals surface area contributed by atoms with E-state index in [1.807, 2.05) is 40.7 Å². The van der Waals surface area contributed by atoms with Crippen LogP contribution in [-0.2, 0) is 0 Å². The molecule has 0 aliphatic carbocycles. The standard InChI is InChI=1S/C17H22BrN5O2S/c18-14-3-1-2-4-15(14)25-12-13(24)11-21-16(19)22-6-8-23(9-7-22)17-20-5-10-26-17/h1-5,10,13,24H,6-9,11-12H2,(H2,19,21). The van der Waals surface area contributed by atoms with Crippen LogP contribution in [0.4, 0.5) is 5.13 Å². The van der Waals surface area contributed by atoms with Crippen molar-refractivity contribution in [2.24, 2.45) is 10.7 Å². The van der Waals surface area contributed by atoms with E-state index in [1.165, 1.54) is 0 Å². The maximum atomic E-state index is 10.1. The Morgan fingerprint density at radius 2 is 2.12 bits per heavy atom. The molecule has 2 heterocycles. The Hall–Kier alpha value is -1.84. The smallest absolute Gasteiger partial charge is 0.191 e. The van der Waals surface area contributed by atoms with Crippen molar-refractivity contribution in [3.8, 4) is 5.75 Å². The van der Waals surface area contributed by atoms with Crippen LogP contribution in [0.25, 0.3) is 0 Å². The number of rotatable bonds is 6. The van der Waals surface area contributed by atoms with Gasteiger partial charge >= 0.3 is 0 Å². The molecule has 1 saturated heterocycles. The molecule has 140 valence electrons. The highest BCUT2D eigenvalue weighted by atomic mass is 79.9. The summed E-state index contributed by atoms with van der Waals surface area (Å²) >= 11 is 5.05. The van der Waals surface area contributed by atoms with Gasteiger partial charge in [-0.3, -0.25) is 4.99 Å². The number of anilines is 1. The third-order valence-corrected chi connectivity index (χ3v) is 5.51. The lowest BCUT2D eigenvalue weighted by molar-refractivity contribution is 0.114. The van der Waals surface area contributed by atoms with E-state index >= 15 is 0 Å². The summed E-state index contributed by atoms with van der Waals surface area (Å²) in [5, 5.41) is 13.1. The van der Waals surface area contributed by atoms with E-state index in [2.05, 4.69) is 30.8 Å². The number of benzene rings is 1. The number of aliphatic imine (C=N–C) groups is 1. The van der Waals surface area contributed by atoms with Gasteiger partial charge in [0.1, 0.15) is 18.5 Å². The first-order valence-electron chi connectivity index (χ1n) is 8.38. The molecular formula is C17H22BrN5O2S. The van der Waals surface area contributed by atoms with Gasteiger partial charge in [-0.25, -0.2) is 4.98 Å². The van der Waals surface area contributed by atoms with Crippen molar-refractivity contribution in [1.82, 2.24) is 9.88 Å². The number of ether oxygens (including phenoxy) is 1. The summed E-state index contributed by atoms with van der Waals surface area (Å²) in [5.74, 6) is 1.16. The minimum atomic E-state index is -0.711. The van der Waals surface area contributed by atoms with Gasteiger partial charge in [0.2, 0.25) is 0 Å². The molecule has 0 spiro atoms. The molecule has 1 aliphatic heterocycles. The predicted molar refractivity (Wildman–Crippen MR) is 108 cm³/mol. The molecule has 1 unspecified atom stereocenters. The lowest BCUT2D eigenvalue weighted by Gasteiger charge is -2.35. The maximum absolute atomic E-state index is 10.1. The van der Waals surface area contributed by atoms with Gasteiger partial charge in [0, 0.05) is 37.8 Å². The summed E-state index contributed by atoms with van der Waals surface area (Å²) in [6, 6.07) is 7.53. The first-order valence-corrected chi connectivity index (χ1v) is 10.1. The number of nitrogens with zero attached hydrogens (tertiary/aromatic N) is 4.